The lowest BCUT2D eigenvalue weighted by molar-refractivity contribution is 0.796. The summed E-state index contributed by atoms with van der Waals surface area (Å²) >= 11 is 3.80. The first-order valence-corrected chi connectivity index (χ1v) is 39.9. The normalized spacial score (nSPS) is 11.9. The summed E-state index contributed by atoms with van der Waals surface area (Å²) in [6, 6.07) is 114. The van der Waals surface area contributed by atoms with Crippen LogP contribution in [0.4, 0.5) is 34.1 Å². The Morgan fingerprint density at radius 2 is 0.682 bits per heavy atom. The Morgan fingerprint density at radius 1 is 0.300 bits per heavy atom. The zero-order chi connectivity index (χ0) is 74.3. The minimum atomic E-state index is 0.791. The molecule has 0 unspecified atom stereocenters. The maximum absolute atomic E-state index is 5.33. The summed E-state index contributed by atoms with van der Waals surface area (Å²) in [6.45, 7) is 21.0. The Balaban J connectivity index is 0.867. The maximum atomic E-state index is 5.33. The molecule has 0 saturated heterocycles. The van der Waals surface area contributed by atoms with Gasteiger partial charge in [0.05, 0.1) is 42.8 Å². The summed E-state index contributed by atoms with van der Waals surface area (Å²) in [4.78, 5) is 10.4. The average molecular weight is 1450 g/mol. The van der Waals surface area contributed by atoms with Gasteiger partial charge >= 0.3 is 0 Å². The molecule has 20 rings (SSSR count). The lowest BCUT2D eigenvalue weighted by atomic mass is 9.88. The number of nitrogens with zero attached hydrogens (tertiary/aromatic N) is 5. The molecule has 0 bridgehead atoms. The fourth-order valence-electron chi connectivity index (χ4n) is 18.4. The van der Waals surface area contributed by atoms with Crippen molar-refractivity contribution in [2.75, 3.05) is 9.80 Å². The van der Waals surface area contributed by atoms with Gasteiger partial charge in [0.1, 0.15) is 5.82 Å². The second-order valence-corrected chi connectivity index (χ2v) is 32.2. The maximum Gasteiger partial charge on any atom is 0.141 e. The van der Waals surface area contributed by atoms with Gasteiger partial charge in [0.25, 0.3) is 0 Å². The molecule has 0 radical (unpaired) electrons. The minimum absolute atomic E-state index is 0.791. The van der Waals surface area contributed by atoms with E-state index in [0.29, 0.717) is 0 Å². The number of imidazole rings is 1. The summed E-state index contributed by atoms with van der Waals surface area (Å²) in [7, 11) is 0. The molecule has 0 saturated carbocycles. The fourth-order valence-corrected chi connectivity index (χ4v) is 20.9. The highest BCUT2D eigenvalue weighted by Gasteiger charge is 2.31. The molecule has 20 aromatic rings. The molecule has 528 valence electrons. The quantitative estimate of drug-likeness (QED) is 0.115. The van der Waals surface area contributed by atoms with Crippen molar-refractivity contribution in [3.63, 3.8) is 0 Å². The van der Waals surface area contributed by atoms with Gasteiger partial charge in [-0.3, -0.25) is 0 Å². The van der Waals surface area contributed by atoms with Crippen molar-refractivity contribution in [1.29, 1.82) is 0 Å². The Morgan fingerprint density at radius 3 is 1.13 bits per heavy atom. The molecular formula is C103H79N5S2. The van der Waals surface area contributed by atoms with E-state index in [-0.39, 0.29) is 0 Å². The number of thiophene rings is 2. The average Bonchev–Trinajstić information content (AvgIpc) is 1.52. The SMILES string of the molecule is CCn1c(-c2ccc(-n3c4cc(N(c5ccc(-c6c(C)cc(-c7c(C)cccc7C)cc6C)cc5)c5ccc6ccccc6c5)c5sc6ccccc6c5c4c4c5c(sc6ccccc65)c(N(c5ccc(-c6c(C)cc(-c7c(C)cccc7C)cc6C)cc5)c5ccc6ccccc6c5)cc43)cc2)nc2ccccc21. The van der Waals surface area contributed by atoms with Gasteiger partial charge in [-0.25, -0.2) is 4.98 Å². The molecule has 5 nitrogen and oxygen atoms in total. The predicted octanol–water partition coefficient (Wildman–Crippen LogP) is 29.9. The number of aryl methyl sites for hydroxylation is 9. The van der Waals surface area contributed by atoms with Gasteiger partial charge in [-0.1, -0.05) is 194 Å². The van der Waals surface area contributed by atoms with E-state index in [1.807, 2.05) is 22.7 Å². The molecule has 0 aliphatic rings. The van der Waals surface area contributed by atoms with E-state index in [1.165, 1.54) is 162 Å². The largest absolute Gasteiger partial charge is 0.324 e. The molecule has 0 amide bonds. The summed E-state index contributed by atoms with van der Waals surface area (Å²) in [6.07, 6.45) is 0. The van der Waals surface area contributed by atoms with E-state index < -0.39 is 0 Å². The van der Waals surface area contributed by atoms with Crippen LogP contribution in [-0.4, -0.2) is 14.1 Å². The summed E-state index contributed by atoms with van der Waals surface area (Å²) in [5.41, 5.74) is 33.3. The van der Waals surface area contributed by atoms with E-state index in [2.05, 4.69) is 385 Å². The van der Waals surface area contributed by atoms with Crippen molar-refractivity contribution in [1.82, 2.24) is 14.1 Å². The van der Waals surface area contributed by atoms with Crippen molar-refractivity contribution in [2.45, 2.75) is 68.9 Å². The van der Waals surface area contributed by atoms with Crippen LogP contribution in [0.1, 0.15) is 51.4 Å². The van der Waals surface area contributed by atoms with Gasteiger partial charge in [-0.15, -0.1) is 22.7 Å². The van der Waals surface area contributed by atoms with Crippen LogP contribution in [0.5, 0.6) is 0 Å². The van der Waals surface area contributed by atoms with Crippen molar-refractivity contribution >= 4 is 152 Å². The Labute approximate surface area is 649 Å². The van der Waals surface area contributed by atoms with Crippen LogP contribution in [0.25, 0.3) is 156 Å². The van der Waals surface area contributed by atoms with Crippen molar-refractivity contribution < 1.29 is 0 Å². The Hall–Kier alpha value is -12.7. The predicted molar refractivity (Wildman–Crippen MR) is 475 cm³/mol. The summed E-state index contributed by atoms with van der Waals surface area (Å²) in [5.74, 6) is 0.957. The second kappa shape index (κ2) is 26.3. The zero-order valence-corrected chi connectivity index (χ0v) is 64.8. The zero-order valence-electron chi connectivity index (χ0n) is 63.1. The number of benzene rings is 16. The molecule has 4 aromatic heterocycles. The summed E-state index contributed by atoms with van der Waals surface area (Å²) in [5, 5.41) is 12.2. The van der Waals surface area contributed by atoms with Crippen molar-refractivity contribution in [3.8, 4) is 61.6 Å². The molecule has 4 heterocycles. The number of hydrogen-bond donors (Lipinski definition) is 0. The van der Waals surface area contributed by atoms with Gasteiger partial charge in [0.15, 0.2) is 0 Å². The molecule has 0 N–H and O–H groups in total. The van der Waals surface area contributed by atoms with Crippen LogP contribution in [0, 0.1) is 55.4 Å². The molecule has 0 aliphatic carbocycles. The number of rotatable bonds is 13. The number of aromatic nitrogens is 3. The van der Waals surface area contributed by atoms with Crippen LogP contribution in [-0.2, 0) is 6.54 Å². The van der Waals surface area contributed by atoms with E-state index in [9.17, 15) is 0 Å². The van der Waals surface area contributed by atoms with Crippen molar-refractivity contribution in [2.24, 2.45) is 0 Å². The third kappa shape index (κ3) is 10.8. The monoisotopic (exact) mass is 1450 g/mol. The smallest absolute Gasteiger partial charge is 0.141 e. The highest BCUT2D eigenvalue weighted by molar-refractivity contribution is 7.27. The first-order chi connectivity index (χ1) is 53.8. The van der Waals surface area contributed by atoms with Gasteiger partial charge in [0.2, 0.25) is 0 Å². The van der Waals surface area contributed by atoms with Crippen molar-refractivity contribution in [3.05, 3.63) is 348 Å². The van der Waals surface area contributed by atoms with Crippen LogP contribution < -0.4 is 9.80 Å². The molecule has 110 heavy (non-hydrogen) atoms. The van der Waals surface area contributed by atoms with E-state index >= 15 is 0 Å². The first kappa shape index (κ1) is 66.8. The number of para-hydroxylation sites is 2. The number of anilines is 6. The minimum Gasteiger partial charge on any atom is -0.324 e. The second-order valence-electron chi connectivity index (χ2n) is 30.1. The number of hydrogen-bond acceptors (Lipinski definition) is 5. The molecule has 0 fully saturated rings. The van der Waals surface area contributed by atoms with Gasteiger partial charge < -0.3 is 18.9 Å². The van der Waals surface area contributed by atoms with Gasteiger partial charge in [-0.2, -0.15) is 0 Å². The molecule has 16 aromatic carbocycles. The highest BCUT2D eigenvalue weighted by atomic mass is 32.1. The lowest BCUT2D eigenvalue weighted by Gasteiger charge is -2.27. The topological polar surface area (TPSA) is 29.2 Å². The van der Waals surface area contributed by atoms with Crippen LogP contribution in [0.3, 0.4) is 0 Å². The van der Waals surface area contributed by atoms with E-state index in [1.54, 1.807) is 0 Å². The van der Waals surface area contributed by atoms with E-state index in [4.69, 9.17) is 4.98 Å². The Kier molecular flexibility index (Phi) is 16.0. The third-order valence-corrected chi connectivity index (χ3v) is 25.6. The van der Waals surface area contributed by atoms with Crippen LogP contribution >= 0.6 is 22.7 Å². The fraction of sp³-hybridized carbons (Fsp3) is 0.0971. The molecular weight excluding hydrogens is 1370 g/mol. The van der Waals surface area contributed by atoms with Crippen LogP contribution in [0.2, 0.25) is 0 Å². The van der Waals surface area contributed by atoms with Crippen LogP contribution in [0.15, 0.2) is 303 Å². The lowest BCUT2D eigenvalue weighted by Crippen LogP contribution is -2.11. The third-order valence-electron chi connectivity index (χ3n) is 23.2. The molecule has 7 heteroatoms. The van der Waals surface area contributed by atoms with Gasteiger partial charge in [-0.05, 0) is 282 Å². The molecule has 0 atom stereocenters. The Bertz CT molecular complexity index is 6710. The molecule has 0 aliphatic heterocycles. The van der Waals surface area contributed by atoms with E-state index in [0.717, 1.165) is 79.8 Å². The standard InChI is InChI=1S/C103H79N5S2/c1-10-105-86-34-18-17-33-85(86)104-103(105)73-43-49-80(50-44-73)108-87-59-89(106(81-51-37-69-27-11-13-29-74(69)57-81)78-45-39-71(40-46-78)95-65(6)53-76(54-66(95)7)93-61(2)23-21-24-62(93)3)101-97(83-31-15-19-35-91(83)109-101)99(87)100-88(108)60-90(102-98(100)84-32-16-20-36-92(84)110-102)107(82-52-38-70-28-12-14-30-75(70)58-82)79-47-41-72(42-48-79)96-67(8)55-77(56-68(96)9)94-63(4)25-22-26-64(94)5/h11-60H,10H2,1-9H3. The number of fused-ring (bicyclic) bond motifs is 14. The highest BCUT2D eigenvalue weighted by Crippen LogP contribution is 2.57. The summed E-state index contributed by atoms with van der Waals surface area (Å²) < 4.78 is 9.86. The first-order valence-electron chi connectivity index (χ1n) is 38.3. The molecule has 0 spiro atoms. The van der Waals surface area contributed by atoms with Gasteiger partial charge in [0, 0.05) is 82.3 Å².